The van der Waals surface area contributed by atoms with Crippen molar-refractivity contribution in [3.05, 3.63) is 0 Å². The highest BCUT2D eigenvalue weighted by molar-refractivity contribution is 4.92. The first-order valence-electron chi connectivity index (χ1n) is 3.99. The van der Waals surface area contributed by atoms with Gasteiger partial charge in [0.1, 0.15) is 0 Å². The zero-order valence-corrected chi connectivity index (χ0v) is 6.11. The Kier molecular flexibility index (Phi) is 1.10. The Bertz CT molecular complexity index is 118. The first-order valence-corrected chi connectivity index (χ1v) is 3.99. The molecule has 9 heavy (non-hydrogen) atoms. The van der Waals surface area contributed by atoms with Gasteiger partial charge < -0.3 is 5.32 Å². The molecule has 1 saturated heterocycles. The minimum atomic E-state index is 0.683. The molecule has 1 nitrogen and oxygen atoms in total. The van der Waals surface area contributed by atoms with Gasteiger partial charge in [0.2, 0.25) is 0 Å². The van der Waals surface area contributed by atoms with Crippen LogP contribution in [0.15, 0.2) is 0 Å². The van der Waals surface area contributed by atoms with Crippen LogP contribution in [0.3, 0.4) is 0 Å². The predicted octanol–water partition coefficient (Wildman–Crippen LogP) is 1.40. The van der Waals surface area contributed by atoms with E-state index in [1.165, 1.54) is 32.4 Å². The summed E-state index contributed by atoms with van der Waals surface area (Å²) in [7, 11) is 0. The van der Waals surface area contributed by atoms with Crippen LogP contribution in [0, 0.1) is 11.3 Å². The van der Waals surface area contributed by atoms with E-state index in [1.807, 2.05) is 0 Å². The summed E-state index contributed by atoms with van der Waals surface area (Å²) in [5, 5.41) is 3.49. The molecule has 1 aliphatic carbocycles. The lowest BCUT2D eigenvalue weighted by atomic mass is 9.85. The van der Waals surface area contributed by atoms with Crippen LogP contribution in [0.5, 0.6) is 0 Å². The highest BCUT2D eigenvalue weighted by atomic mass is 14.9. The topological polar surface area (TPSA) is 12.0 Å². The molecular formula is C8H15N. The Balaban J connectivity index is 2.13. The molecule has 1 heterocycles. The van der Waals surface area contributed by atoms with Gasteiger partial charge in [0.05, 0.1) is 0 Å². The Labute approximate surface area is 56.8 Å². The highest BCUT2D eigenvalue weighted by Gasteiger charge is 2.37. The molecule has 1 N–H and O–H groups in total. The van der Waals surface area contributed by atoms with Gasteiger partial charge in [-0.3, -0.25) is 0 Å². The number of nitrogens with one attached hydrogen (secondary N) is 1. The average Bonchev–Trinajstić information content (AvgIpc) is 2.07. The Morgan fingerprint density at radius 1 is 1.56 bits per heavy atom. The summed E-state index contributed by atoms with van der Waals surface area (Å²) in [5.41, 5.74) is 0.683. The summed E-state index contributed by atoms with van der Waals surface area (Å²) in [6.45, 7) is 4.97. The Morgan fingerprint density at radius 3 is 3.11 bits per heavy atom. The van der Waals surface area contributed by atoms with Crippen molar-refractivity contribution >= 4 is 0 Å². The van der Waals surface area contributed by atoms with Crippen molar-refractivity contribution in [1.29, 1.82) is 0 Å². The van der Waals surface area contributed by atoms with E-state index in [2.05, 4.69) is 12.2 Å². The quantitative estimate of drug-likeness (QED) is 0.516. The van der Waals surface area contributed by atoms with E-state index in [4.69, 9.17) is 0 Å². The first-order chi connectivity index (χ1) is 4.29. The van der Waals surface area contributed by atoms with Crippen LogP contribution in [0.4, 0.5) is 0 Å². The first kappa shape index (κ1) is 5.72. The summed E-state index contributed by atoms with van der Waals surface area (Å²) in [6, 6.07) is 0. The second kappa shape index (κ2) is 1.72. The average molecular weight is 125 g/mol. The fraction of sp³-hybridized carbons (Fsp3) is 1.00. The minimum Gasteiger partial charge on any atom is -0.316 e. The molecule has 0 radical (unpaired) electrons. The Hall–Kier alpha value is -0.0400. The van der Waals surface area contributed by atoms with Crippen molar-refractivity contribution in [3.8, 4) is 0 Å². The monoisotopic (exact) mass is 125 g/mol. The summed E-state index contributed by atoms with van der Waals surface area (Å²) >= 11 is 0. The molecule has 1 saturated carbocycles. The molecule has 0 aromatic heterocycles. The smallest absolute Gasteiger partial charge is 0.000539 e. The maximum Gasteiger partial charge on any atom is 0.000539 e. The molecule has 2 fully saturated rings. The van der Waals surface area contributed by atoms with E-state index in [9.17, 15) is 0 Å². The van der Waals surface area contributed by atoms with Gasteiger partial charge in [-0.25, -0.2) is 0 Å². The van der Waals surface area contributed by atoms with Crippen LogP contribution in [-0.4, -0.2) is 13.1 Å². The third-order valence-electron chi connectivity index (χ3n) is 2.92. The molecule has 0 aromatic carbocycles. The van der Waals surface area contributed by atoms with Crippen molar-refractivity contribution in [1.82, 2.24) is 5.32 Å². The second-order valence-corrected chi connectivity index (χ2v) is 4.05. The van der Waals surface area contributed by atoms with Gasteiger partial charge in [-0.05, 0) is 37.1 Å². The number of fused-ring (bicyclic) bond motifs is 2. The largest absolute Gasteiger partial charge is 0.316 e. The maximum atomic E-state index is 3.49. The number of hydrogen-bond acceptors (Lipinski definition) is 1. The zero-order chi connectivity index (χ0) is 6.32. The van der Waals surface area contributed by atoms with Crippen LogP contribution in [0.1, 0.15) is 26.2 Å². The van der Waals surface area contributed by atoms with Gasteiger partial charge in [0, 0.05) is 6.54 Å². The second-order valence-electron chi connectivity index (χ2n) is 4.05. The molecule has 2 aliphatic rings. The van der Waals surface area contributed by atoms with Crippen LogP contribution in [0.25, 0.3) is 0 Å². The number of hydrogen-bond donors (Lipinski definition) is 1. The van der Waals surface area contributed by atoms with E-state index in [0.29, 0.717) is 5.41 Å². The van der Waals surface area contributed by atoms with E-state index >= 15 is 0 Å². The normalized spacial score (nSPS) is 49.7. The summed E-state index contributed by atoms with van der Waals surface area (Å²) < 4.78 is 0. The van der Waals surface area contributed by atoms with Gasteiger partial charge in [-0.15, -0.1) is 0 Å². The van der Waals surface area contributed by atoms with Crippen LogP contribution < -0.4 is 5.32 Å². The van der Waals surface area contributed by atoms with Crippen LogP contribution >= 0.6 is 0 Å². The third-order valence-corrected chi connectivity index (χ3v) is 2.92. The summed E-state index contributed by atoms with van der Waals surface area (Å²) in [5.74, 6) is 1.02. The standard InChI is InChI=1S/C8H15N/c1-8-3-2-7(4-8)5-9-6-8/h7,9H,2-6H2,1H3/t7?,8-/m0/s1. The van der Waals surface area contributed by atoms with Gasteiger partial charge >= 0.3 is 0 Å². The highest BCUT2D eigenvalue weighted by Crippen LogP contribution is 2.42. The van der Waals surface area contributed by atoms with Crippen molar-refractivity contribution in [3.63, 3.8) is 0 Å². The van der Waals surface area contributed by atoms with E-state index < -0.39 is 0 Å². The maximum absolute atomic E-state index is 3.49. The van der Waals surface area contributed by atoms with Crippen molar-refractivity contribution in [2.24, 2.45) is 11.3 Å². The number of piperidine rings is 1. The molecular weight excluding hydrogens is 110 g/mol. The molecule has 2 atom stereocenters. The molecule has 0 aromatic rings. The van der Waals surface area contributed by atoms with Crippen LogP contribution in [-0.2, 0) is 0 Å². The fourth-order valence-electron chi connectivity index (χ4n) is 2.37. The lowest BCUT2D eigenvalue weighted by Gasteiger charge is -2.29. The molecule has 1 heteroatoms. The molecule has 52 valence electrons. The van der Waals surface area contributed by atoms with E-state index in [-0.39, 0.29) is 0 Å². The lowest BCUT2D eigenvalue weighted by Crippen LogP contribution is -2.36. The van der Waals surface area contributed by atoms with Crippen molar-refractivity contribution < 1.29 is 0 Å². The SMILES string of the molecule is C[C@@]12CCC(CNC1)C2. The molecule has 1 unspecified atom stereocenters. The molecule has 2 rings (SSSR count). The summed E-state index contributed by atoms with van der Waals surface area (Å²) in [6.07, 6.45) is 4.42. The van der Waals surface area contributed by atoms with Gasteiger partial charge in [0.15, 0.2) is 0 Å². The van der Waals surface area contributed by atoms with E-state index in [0.717, 1.165) is 5.92 Å². The lowest BCUT2D eigenvalue weighted by molar-refractivity contribution is 0.258. The van der Waals surface area contributed by atoms with Gasteiger partial charge in [-0.1, -0.05) is 6.92 Å². The van der Waals surface area contributed by atoms with Crippen molar-refractivity contribution in [2.45, 2.75) is 26.2 Å². The van der Waals surface area contributed by atoms with Crippen LogP contribution in [0.2, 0.25) is 0 Å². The molecule has 2 bridgehead atoms. The van der Waals surface area contributed by atoms with E-state index in [1.54, 1.807) is 0 Å². The van der Waals surface area contributed by atoms with Gasteiger partial charge in [0.25, 0.3) is 0 Å². The summed E-state index contributed by atoms with van der Waals surface area (Å²) in [4.78, 5) is 0. The molecule has 1 aliphatic heterocycles. The molecule has 0 amide bonds. The fourth-order valence-corrected chi connectivity index (χ4v) is 2.37. The third kappa shape index (κ3) is 0.877. The minimum absolute atomic E-state index is 0.683. The number of rotatable bonds is 0. The van der Waals surface area contributed by atoms with Gasteiger partial charge in [-0.2, -0.15) is 0 Å². The molecule has 0 spiro atoms. The Morgan fingerprint density at radius 2 is 2.44 bits per heavy atom. The van der Waals surface area contributed by atoms with Crippen molar-refractivity contribution in [2.75, 3.05) is 13.1 Å². The zero-order valence-electron chi connectivity index (χ0n) is 6.11. The predicted molar refractivity (Wildman–Crippen MR) is 38.3 cm³/mol.